The van der Waals surface area contributed by atoms with Gasteiger partial charge in [0.1, 0.15) is 11.7 Å². The number of nitrogen functional groups attached to an aromatic ring is 1. The minimum atomic E-state index is -0.281. The van der Waals surface area contributed by atoms with Crippen LogP contribution >= 0.6 is 0 Å². The van der Waals surface area contributed by atoms with Crippen LogP contribution in [0.15, 0.2) is 42.5 Å². The molecule has 0 aliphatic carbocycles. The zero-order chi connectivity index (χ0) is 12.3. The molecule has 0 spiro atoms. The van der Waals surface area contributed by atoms with E-state index in [4.69, 9.17) is 11.1 Å². The van der Waals surface area contributed by atoms with E-state index in [2.05, 4.69) is 11.4 Å². The SMILES string of the molecule is N=C(N)c1cc[c]c(Nc2ccc(F)cc2)c1. The normalized spacial score (nSPS) is 9.94. The van der Waals surface area contributed by atoms with Gasteiger partial charge in [-0.05, 0) is 30.3 Å². The largest absolute Gasteiger partial charge is 0.384 e. The van der Waals surface area contributed by atoms with Gasteiger partial charge in [0.15, 0.2) is 0 Å². The van der Waals surface area contributed by atoms with Crippen LogP contribution in [0.4, 0.5) is 15.8 Å². The van der Waals surface area contributed by atoms with Gasteiger partial charge in [-0.25, -0.2) is 4.39 Å². The van der Waals surface area contributed by atoms with Crippen LogP contribution in [0.2, 0.25) is 0 Å². The minimum absolute atomic E-state index is 0.00107. The first kappa shape index (κ1) is 11.1. The smallest absolute Gasteiger partial charge is 0.123 e. The van der Waals surface area contributed by atoms with E-state index in [9.17, 15) is 4.39 Å². The van der Waals surface area contributed by atoms with Crippen molar-refractivity contribution < 1.29 is 4.39 Å². The fourth-order valence-corrected chi connectivity index (χ4v) is 1.39. The Morgan fingerprint density at radius 3 is 2.59 bits per heavy atom. The molecule has 0 aromatic heterocycles. The van der Waals surface area contributed by atoms with E-state index in [0.717, 1.165) is 5.69 Å². The summed E-state index contributed by atoms with van der Waals surface area (Å²) in [6.07, 6.45) is 0. The second-order valence-electron chi connectivity index (χ2n) is 3.54. The number of nitrogens with one attached hydrogen (secondary N) is 2. The predicted molar refractivity (Wildman–Crippen MR) is 66.0 cm³/mol. The molecule has 17 heavy (non-hydrogen) atoms. The number of hydrogen-bond acceptors (Lipinski definition) is 2. The molecule has 1 radical (unpaired) electrons. The van der Waals surface area contributed by atoms with Crippen molar-refractivity contribution in [2.24, 2.45) is 5.73 Å². The highest BCUT2D eigenvalue weighted by Gasteiger charge is 1.99. The maximum Gasteiger partial charge on any atom is 0.123 e. The van der Waals surface area contributed by atoms with Gasteiger partial charge in [0.25, 0.3) is 0 Å². The summed E-state index contributed by atoms with van der Waals surface area (Å²) in [4.78, 5) is 0. The van der Waals surface area contributed by atoms with Gasteiger partial charge in [-0.3, -0.25) is 5.41 Å². The molecule has 0 fully saturated rings. The molecule has 0 heterocycles. The summed E-state index contributed by atoms with van der Waals surface area (Å²) in [5, 5.41) is 10.4. The van der Waals surface area contributed by atoms with Crippen LogP contribution in [0.25, 0.3) is 0 Å². The van der Waals surface area contributed by atoms with Gasteiger partial charge in [0.05, 0.1) is 0 Å². The molecule has 4 N–H and O–H groups in total. The molecule has 0 amide bonds. The average Bonchev–Trinajstić information content (AvgIpc) is 2.32. The van der Waals surface area contributed by atoms with Gasteiger partial charge >= 0.3 is 0 Å². The fourth-order valence-electron chi connectivity index (χ4n) is 1.39. The summed E-state index contributed by atoms with van der Waals surface area (Å²) in [6, 6.07) is 14.1. The van der Waals surface area contributed by atoms with E-state index in [-0.39, 0.29) is 11.7 Å². The third-order valence-corrected chi connectivity index (χ3v) is 2.24. The Bertz CT molecular complexity index is 535. The Hall–Kier alpha value is -2.36. The van der Waals surface area contributed by atoms with E-state index in [0.29, 0.717) is 11.3 Å². The van der Waals surface area contributed by atoms with Crippen molar-refractivity contribution in [3.8, 4) is 0 Å². The molecule has 0 atom stereocenters. The first-order valence-corrected chi connectivity index (χ1v) is 5.04. The number of hydrogen-bond donors (Lipinski definition) is 3. The average molecular weight is 228 g/mol. The molecule has 2 aromatic rings. The van der Waals surface area contributed by atoms with Crippen LogP contribution in [-0.4, -0.2) is 5.84 Å². The lowest BCUT2D eigenvalue weighted by molar-refractivity contribution is 0.628. The molecule has 0 aliphatic heterocycles. The Kier molecular flexibility index (Phi) is 3.05. The minimum Gasteiger partial charge on any atom is -0.384 e. The van der Waals surface area contributed by atoms with Crippen LogP contribution in [-0.2, 0) is 0 Å². The van der Waals surface area contributed by atoms with Crippen molar-refractivity contribution in [2.75, 3.05) is 5.32 Å². The monoisotopic (exact) mass is 228 g/mol. The van der Waals surface area contributed by atoms with E-state index in [1.165, 1.54) is 12.1 Å². The molecule has 0 saturated carbocycles. The third-order valence-electron chi connectivity index (χ3n) is 2.24. The maximum absolute atomic E-state index is 12.7. The molecule has 3 nitrogen and oxygen atoms in total. The lowest BCUT2D eigenvalue weighted by Gasteiger charge is -2.07. The Morgan fingerprint density at radius 1 is 1.24 bits per heavy atom. The second-order valence-corrected chi connectivity index (χ2v) is 3.54. The summed E-state index contributed by atoms with van der Waals surface area (Å²) in [6.45, 7) is 0. The van der Waals surface area contributed by atoms with Crippen LogP contribution in [0.1, 0.15) is 5.56 Å². The van der Waals surface area contributed by atoms with Gasteiger partial charge in [-0.2, -0.15) is 0 Å². The molecular weight excluding hydrogens is 217 g/mol. The molecule has 85 valence electrons. The molecule has 2 rings (SSSR count). The van der Waals surface area contributed by atoms with Crippen LogP contribution in [0.5, 0.6) is 0 Å². The van der Waals surface area contributed by atoms with Crippen molar-refractivity contribution >= 4 is 17.2 Å². The van der Waals surface area contributed by atoms with Gasteiger partial charge < -0.3 is 11.1 Å². The van der Waals surface area contributed by atoms with E-state index in [1.807, 2.05) is 0 Å². The number of benzene rings is 2. The third kappa shape index (κ3) is 2.81. The Morgan fingerprint density at radius 2 is 1.94 bits per heavy atom. The summed E-state index contributed by atoms with van der Waals surface area (Å²) in [5.41, 5.74) is 7.44. The second kappa shape index (κ2) is 4.65. The topological polar surface area (TPSA) is 61.9 Å². The van der Waals surface area contributed by atoms with Crippen LogP contribution in [0.3, 0.4) is 0 Å². The van der Waals surface area contributed by atoms with Gasteiger partial charge in [0, 0.05) is 23.0 Å². The summed E-state index contributed by atoms with van der Waals surface area (Å²) < 4.78 is 12.7. The molecule has 0 saturated heterocycles. The zero-order valence-electron chi connectivity index (χ0n) is 9.00. The Labute approximate surface area is 98.6 Å². The van der Waals surface area contributed by atoms with Crippen molar-refractivity contribution in [1.29, 1.82) is 5.41 Å². The predicted octanol–water partition coefficient (Wildman–Crippen LogP) is 2.65. The van der Waals surface area contributed by atoms with Crippen molar-refractivity contribution in [3.63, 3.8) is 0 Å². The molecule has 4 heteroatoms. The Balaban J connectivity index is 2.21. The summed E-state index contributed by atoms with van der Waals surface area (Å²) >= 11 is 0. The number of halogens is 1. The van der Waals surface area contributed by atoms with Gasteiger partial charge in [-0.1, -0.05) is 12.1 Å². The molecular formula is C13H11FN3. The van der Waals surface area contributed by atoms with Gasteiger partial charge in [0.2, 0.25) is 0 Å². The highest BCUT2D eigenvalue weighted by Crippen LogP contribution is 2.17. The first-order valence-electron chi connectivity index (χ1n) is 5.04. The van der Waals surface area contributed by atoms with Crippen molar-refractivity contribution in [1.82, 2.24) is 0 Å². The molecule has 0 unspecified atom stereocenters. The van der Waals surface area contributed by atoms with Crippen molar-refractivity contribution in [2.45, 2.75) is 0 Å². The quantitative estimate of drug-likeness (QED) is 0.558. The number of nitrogens with two attached hydrogens (primary N) is 1. The highest BCUT2D eigenvalue weighted by atomic mass is 19.1. The number of rotatable bonds is 3. The maximum atomic E-state index is 12.7. The molecule has 0 bridgehead atoms. The standard InChI is InChI=1S/C13H11FN3/c14-10-4-6-11(7-5-10)17-12-3-1-2-9(8-12)13(15)16/h1-2,4-8,17H,(H3,15,16). The lowest BCUT2D eigenvalue weighted by atomic mass is 10.2. The number of anilines is 2. The van der Waals surface area contributed by atoms with Gasteiger partial charge in [-0.15, -0.1) is 0 Å². The van der Waals surface area contributed by atoms with Crippen LogP contribution in [0, 0.1) is 17.3 Å². The summed E-state index contributed by atoms with van der Waals surface area (Å²) in [7, 11) is 0. The summed E-state index contributed by atoms with van der Waals surface area (Å²) in [5.74, 6) is -0.279. The molecule has 2 aromatic carbocycles. The zero-order valence-corrected chi connectivity index (χ0v) is 9.00. The van der Waals surface area contributed by atoms with E-state index in [1.54, 1.807) is 30.3 Å². The number of amidine groups is 1. The van der Waals surface area contributed by atoms with E-state index < -0.39 is 0 Å². The van der Waals surface area contributed by atoms with Crippen molar-refractivity contribution in [3.05, 3.63) is 59.9 Å². The fraction of sp³-hybridized carbons (Fsp3) is 0. The van der Waals surface area contributed by atoms with Crippen LogP contribution < -0.4 is 11.1 Å². The molecule has 0 aliphatic rings. The lowest BCUT2D eigenvalue weighted by Crippen LogP contribution is -2.10. The van der Waals surface area contributed by atoms with E-state index >= 15 is 0 Å². The highest BCUT2D eigenvalue weighted by molar-refractivity contribution is 5.95. The first-order chi connectivity index (χ1) is 8.15.